The average molecular weight is 487 g/mol. The molecule has 7 nitrogen and oxygen atoms in total. The lowest BCUT2D eigenvalue weighted by Crippen LogP contribution is -2.39. The van der Waals surface area contributed by atoms with Crippen molar-refractivity contribution in [1.82, 2.24) is 0 Å². The van der Waals surface area contributed by atoms with Crippen LogP contribution in [-0.4, -0.2) is 60.9 Å². The zero-order chi connectivity index (χ0) is 24.6. The maximum Gasteiger partial charge on any atom is 0.422 e. The van der Waals surface area contributed by atoms with Crippen LogP contribution in [0.1, 0.15) is 0 Å². The van der Waals surface area contributed by atoms with Crippen LogP contribution in [0.2, 0.25) is 0 Å². The quantitative estimate of drug-likeness (QED) is 0.409. The number of fused-ring (bicyclic) bond motifs is 2. The molecule has 2 heterocycles. The largest absolute Gasteiger partial charge is 0.487 e. The number of carbonyl (C=O) groups is 2. The molecule has 0 unspecified atom stereocenters. The van der Waals surface area contributed by atoms with Crippen molar-refractivity contribution in [3.8, 4) is 11.5 Å². The molecule has 4 atom stereocenters. The van der Waals surface area contributed by atoms with Crippen molar-refractivity contribution in [3.05, 3.63) is 30.4 Å². The van der Waals surface area contributed by atoms with E-state index in [-0.39, 0.29) is 5.69 Å². The number of ether oxygens (including phenoxy) is 3. The van der Waals surface area contributed by atoms with E-state index < -0.39 is 79.2 Å². The number of benzene rings is 1. The fraction of sp³-hybridized carbons (Fsp3) is 0.474. The van der Waals surface area contributed by atoms with E-state index in [2.05, 4.69) is 14.8 Å². The molecule has 1 fully saturated rings. The zero-order valence-corrected chi connectivity index (χ0v) is 16.3. The number of amides is 1. The molecule has 2 aliphatic heterocycles. The van der Waals surface area contributed by atoms with Crippen LogP contribution in [0.25, 0.3) is 0 Å². The van der Waals surface area contributed by atoms with Gasteiger partial charge < -0.3 is 24.6 Å². The molecule has 1 aromatic rings. The van der Waals surface area contributed by atoms with Gasteiger partial charge in [0.25, 0.3) is 0 Å². The molecule has 0 saturated carbocycles. The summed E-state index contributed by atoms with van der Waals surface area (Å²) in [6.45, 7) is -3.57. The third kappa shape index (κ3) is 5.86. The van der Waals surface area contributed by atoms with Gasteiger partial charge in [-0.25, -0.2) is 8.78 Å². The molecule has 0 aromatic heterocycles. The minimum Gasteiger partial charge on any atom is -0.487 e. The first kappa shape index (κ1) is 24.6. The van der Waals surface area contributed by atoms with Gasteiger partial charge in [0.2, 0.25) is 5.91 Å². The molecule has 1 saturated heterocycles. The first-order chi connectivity index (χ1) is 15.3. The number of carboxylic acid groups (broad SMARTS) is 1. The topological polar surface area (TPSA) is 94.1 Å². The summed E-state index contributed by atoms with van der Waals surface area (Å²) in [6, 6.07) is 2.54. The van der Waals surface area contributed by atoms with E-state index in [9.17, 15) is 45.4 Å². The molecule has 1 amide bonds. The number of hydrogen-bond acceptors (Lipinski definition) is 5. The SMILES string of the molecule is O=C(O)[C@@H]1[C@H](C(=O)Nc2cc(OCC(F)(F)F)cc(OCC(F)(F)C(F)F)c2)[C@H]2C=C[C@@H]1O2. The normalized spacial score (nSPS) is 24.2. The molecule has 3 rings (SSSR count). The molecule has 0 radical (unpaired) electrons. The van der Waals surface area contributed by atoms with Crippen molar-refractivity contribution >= 4 is 17.6 Å². The highest BCUT2D eigenvalue weighted by atomic mass is 19.4. The van der Waals surface area contributed by atoms with Crippen LogP contribution >= 0.6 is 0 Å². The minimum atomic E-state index is -4.76. The molecule has 2 bridgehead atoms. The maximum atomic E-state index is 13.2. The van der Waals surface area contributed by atoms with Gasteiger partial charge in [-0.05, 0) is 0 Å². The Labute approximate surface area is 181 Å². The second-order valence-corrected chi connectivity index (χ2v) is 7.28. The highest BCUT2D eigenvalue weighted by Crippen LogP contribution is 2.40. The van der Waals surface area contributed by atoms with Crippen LogP contribution in [0.15, 0.2) is 30.4 Å². The minimum absolute atomic E-state index is 0.300. The average Bonchev–Trinajstić information content (AvgIpc) is 3.32. The van der Waals surface area contributed by atoms with Gasteiger partial charge in [-0.2, -0.15) is 22.0 Å². The molecule has 1 aromatic carbocycles. The van der Waals surface area contributed by atoms with Gasteiger partial charge in [-0.15, -0.1) is 0 Å². The fourth-order valence-corrected chi connectivity index (χ4v) is 3.36. The van der Waals surface area contributed by atoms with Gasteiger partial charge in [0, 0.05) is 23.9 Å². The number of hydrogen-bond donors (Lipinski definition) is 2. The molecule has 2 aliphatic rings. The van der Waals surface area contributed by atoms with E-state index in [1.165, 1.54) is 12.2 Å². The molecular formula is C19H16F7NO6. The zero-order valence-electron chi connectivity index (χ0n) is 16.3. The van der Waals surface area contributed by atoms with Crippen molar-refractivity contribution in [3.63, 3.8) is 0 Å². The Balaban J connectivity index is 1.81. The number of aliphatic carboxylic acids is 1. The van der Waals surface area contributed by atoms with Crippen LogP contribution in [0.3, 0.4) is 0 Å². The van der Waals surface area contributed by atoms with E-state index in [4.69, 9.17) is 4.74 Å². The lowest BCUT2D eigenvalue weighted by molar-refractivity contribution is -0.153. The summed E-state index contributed by atoms with van der Waals surface area (Å²) in [5.74, 6) is -10.3. The fourth-order valence-electron chi connectivity index (χ4n) is 3.36. The summed E-state index contributed by atoms with van der Waals surface area (Å²) in [7, 11) is 0. The summed E-state index contributed by atoms with van der Waals surface area (Å²) >= 11 is 0. The van der Waals surface area contributed by atoms with Crippen LogP contribution < -0.4 is 14.8 Å². The third-order valence-electron chi connectivity index (χ3n) is 4.79. The van der Waals surface area contributed by atoms with Crippen molar-refractivity contribution in [1.29, 1.82) is 0 Å². The second-order valence-electron chi connectivity index (χ2n) is 7.28. The summed E-state index contributed by atoms with van der Waals surface area (Å²) in [5, 5.41) is 11.6. The Kier molecular flexibility index (Phi) is 6.77. The standard InChI is InChI=1S/C19H16F7NO6/c20-17(21)18(22,23)6-31-9-3-8(4-10(5-9)32-7-19(24,25)26)27-15(28)13-11-1-2-12(33-11)14(13)16(29)30/h1-5,11-14,17H,6-7H2,(H,27,28)(H,29,30)/t11-,12+,13-,14+/m1/s1. The summed E-state index contributed by atoms with van der Waals surface area (Å²) in [4.78, 5) is 24.2. The van der Waals surface area contributed by atoms with Crippen LogP contribution in [-0.2, 0) is 14.3 Å². The number of carboxylic acids is 1. The number of halogens is 7. The van der Waals surface area contributed by atoms with Gasteiger partial charge in [0.1, 0.15) is 17.4 Å². The monoisotopic (exact) mass is 487 g/mol. The van der Waals surface area contributed by atoms with Crippen molar-refractivity contribution < 1.29 is 59.6 Å². The van der Waals surface area contributed by atoms with Crippen molar-refractivity contribution in [2.75, 3.05) is 18.5 Å². The Morgan fingerprint density at radius 3 is 2.03 bits per heavy atom. The summed E-state index contributed by atoms with van der Waals surface area (Å²) < 4.78 is 103. The molecule has 0 spiro atoms. The van der Waals surface area contributed by atoms with Gasteiger partial charge in [0.15, 0.2) is 13.2 Å². The Morgan fingerprint density at radius 2 is 1.52 bits per heavy atom. The molecule has 182 valence electrons. The molecular weight excluding hydrogens is 471 g/mol. The van der Waals surface area contributed by atoms with E-state index >= 15 is 0 Å². The summed E-state index contributed by atoms with van der Waals surface area (Å²) in [5.41, 5.74) is -0.300. The van der Waals surface area contributed by atoms with Crippen LogP contribution in [0.4, 0.5) is 36.4 Å². The first-order valence-corrected chi connectivity index (χ1v) is 9.28. The van der Waals surface area contributed by atoms with Crippen molar-refractivity contribution in [2.45, 2.75) is 30.7 Å². The first-order valence-electron chi connectivity index (χ1n) is 9.28. The molecule has 0 aliphatic carbocycles. The predicted molar refractivity (Wildman–Crippen MR) is 95.5 cm³/mol. The maximum absolute atomic E-state index is 13.2. The van der Waals surface area contributed by atoms with Gasteiger partial charge in [-0.3, -0.25) is 9.59 Å². The Bertz CT molecular complexity index is 936. The van der Waals surface area contributed by atoms with Crippen LogP contribution in [0, 0.1) is 11.8 Å². The number of alkyl halides is 7. The molecule has 14 heteroatoms. The molecule has 33 heavy (non-hydrogen) atoms. The number of nitrogens with one attached hydrogen (secondary N) is 1. The Hall–Kier alpha value is -3.03. The highest BCUT2D eigenvalue weighted by Gasteiger charge is 2.53. The van der Waals surface area contributed by atoms with E-state index in [1.54, 1.807) is 0 Å². The lowest BCUT2D eigenvalue weighted by atomic mass is 9.82. The number of anilines is 1. The van der Waals surface area contributed by atoms with E-state index in [0.717, 1.165) is 18.2 Å². The van der Waals surface area contributed by atoms with E-state index in [1.807, 2.05) is 0 Å². The van der Waals surface area contributed by atoms with Crippen molar-refractivity contribution in [2.24, 2.45) is 11.8 Å². The number of rotatable bonds is 9. The second kappa shape index (κ2) is 9.08. The third-order valence-corrected chi connectivity index (χ3v) is 4.79. The van der Waals surface area contributed by atoms with Gasteiger partial charge in [-0.1, -0.05) is 12.2 Å². The highest BCUT2D eigenvalue weighted by molar-refractivity contribution is 5.97. The predicted octanol–water partition coefficient (Wildman–Crippen LogP) is 3.50. The lowest BCUT2D eigenvalue weighted by Gasteiger charge is -2.22. The smallest absolute Gasteiger partial charge is 0.422 e. The summed E-state index contributed by atoms with van der Waals surface area (Å²) in [6.07, 6.45) is -7.56. The van der Waals surface area contributed by atoms with Gasteiger partial charge >= 0.3 is 24.5 Å². The van der Waals surface area contributed by atoms with Gasteiger partial charge in [0.05, 0.1) is 18.1 Å². The molecule has 2 N–H and O–H groups in total. The number of carbonyl (C=O) groups excluding carboxylic acids is 1. The Morgan fingerprint density at radius 1 is 0.970 bits per heavy atom. The van der Waals surface area contributed by atoms with Crippen LogP contribution in [0.5, 0.6) is 11.5 Å². The van der Waals surface area contributed by atoms with E-state index in [0.29, 0.717) is 0 Å².